The van der Waals surface area contributed by atoms with Gasteiger partial charge in [-0.3, -0.25) is 0 Å². The Morgan fingerprint density at radius 2 is 2.13 bits per heavy atom. The maximum atomic E-state index is 11.3. The van der Waals surface area contributed by atoms with Gasteiger partial charge in [0, 0.05) is 12.2 Å². The maximum Gasteiger partial charge on any atom is 0.338 e. The SMILES string of the molecule is C=CCNc1ccc(C(=O)OCC)cc1. The lowest BCUT2D eigenvalue weighted by Crippen LogP contribution is -2.04. The van der Waals surface area contributed by atoms with Crippen LogP contribution in [0.3, 0.4) is 0 Å². The van der Waals surface area contributed by atoms with Crippen LogP contribution in [0.1, 0.15) is 17.3 Å². The summed E-state index contributed by atoms with van der Waals surface area (Å²) in [7, 11) is 0. The minimum Gasteiger partial charge on any atom is -0.462 e. The highest BCUT2D eigenvalue weighted by Gasteiger charge is 2.04. The highest BCUT2D eigenvalue weighted by atomic mass is 16.5. The van der Waals surface area contributed by atoms with E-state index in [1.54, 1.807) is 25.1 Å². The molecular formula is C12H15NO2. The van der Waals surface area contributed by atoms with Gasteiger partial charge in [-0.2, -0.15) is 0 Å². The van der Waals surface area contributed by atoms with Crippen molar-refractivity contribution < 1.29 is 9.53 Å². The van der Waals surface area contributed by atoms with Crippen LogP contribution in [-0.4, -0.2) is 19.1 Å². The average Bonchev–Trinajstić information content (AvgIpc) is 2.27. The summed E-state index contributed by atoms with van der Waals surface area (Å²) < 4.78 is 4.87. The lowest BCUT2D eigenvalue weighted by atomic mass is 10.2. The Morgan fingerprint density at radius 3 is 2.67 bits per heavy atom. The fraction of sp³-hybridized carbons (Fsp3) is 0.250. The first-order valence-corrected chi connectivity index (χ1v) is 4.90. The van der Waals surface area contributed by atoms with Crippen LogP contribution >= 0.6 is 0 Å². The van der Waals surface area contributed by atoms with Crippen molar-refractivity contribution in [1.82, 2.24) is 0 Å². The Hall–Kier alpha value is -1.77. The van der Waals surface area contributed by atoms with Crippen molar-refractivity contribution in [1.29, 1.82) is 0 Å². The van der Waals surface area contributed by atoms with Gasteiger partial charge in [0.15, 0.2) is 0 Å². The molecule has 1 rings (SSSR count). The Kier molecular flexibility index (Phi) is 4.41. The van der Waals surface area contributed by atoms with Gasteiger partial charge in [-0.1, -0.05) is 6.08 Å². The summed E-state index contributed by atoms with van der Waals surface area (Å²) >= 11 is 0. The van der Waals surface area contributed by atoms with Crippen LogP contribution in [-0.2, 0) is 4.74 Å². The van der Waals surface area contributed by atoms with Gasteiger partial charge in [-0.05, 0) is 31.2 Å². The highest BCUT2D eigenvalue weighted by Crippen LogP contribution is 2.10. The number of benzene rings is 1. The number of ether oxygens (including phenoxy) is 1. The van der Waals surface area contributed by atoms with E-state index in [2.05, 4.69) is 11.9 Å². The third-order valence-electron chi connectivity index (χ3n) is 1.85. The Labute approximate surface area is 89.8 Å². The van der Waals surface area contributed by atoms with Crippen LogP contribution in [0.15, 0.2) is 36.9 Å². The second kappa shape index (κ2) is 5.86. The molecule has 0 atom stereocenters. The predicted octanol–water partition coefficient (Wildman–Crippen LogP) is 2.46. The quantitative estimate of drug-likeness (QED) is 0.592. The molecule has 3 nitrogen and oxygen atoms in total. The minimum atomic E-state index is -0.284. The van der Waals surface area contributed by atoms with Gasteiger partial charge in [-0.25, -0.2) is 4.79 Å². The molecule has 0 saturated carbocycles. The molecule has 0 aliphatic carbocycles. The fourth-order valence-electron chi connectivity index (χ4n) is 1.13. The summed E-state index contributed by atoms with van der Waals surface area (Å²) in [4.78, 5) is 11.3. The average molecular weight is 205 g/mol. The van der Waals surface area contributed by atoms with Crippen LogP contribution < -0.4 is 5.32 Å². The van der Waals surface area contributed by atoms with E-state index in [-0.39, 0.29) is 5.97 Å². The van der Waals surface area contributed by atoms with E-state index < -0.39 is 0 Å². The molecule has 1 N–H and O–H groups in total. The van der Waals surface area contributed by atoms with Gasteiger partial charge in [0.2, 0.25) is 0 Å². The van der Waals surface area contributed by atoms with E-state index in [1.165, 1.54) is 0 Å². The van der Waals surface area contributed by atoms with Crippen LogP contribution in [0.4, 0.5) is 5.69 Å². The fourth-order valence-corrected chi connectivity index (χ4v) is 1.13. The molecule has 15 heavy (non-hydrogen) atoms. The summed E-state index contributed by atoms with van der Waals surface area (Å²) in [6, 6.07) is 7.17. The van der Waals surface area contributed by atoms with Crippen LogP contribution in [0.2, 0.25) is 0 Å². The van der Waals surface area contributed by atoms with E-state index in [0.717, 1.165) is 5.69 Å². The monoisotopic (exact) mass is 205 g/mol. The van der Waals surface area contributed by atoms with Crippen LogP contribution in [0.5, 0.6) is 0 Å². The molecule has 0 bridgehead atoms. The molecule has 3 heteroatoms. The first kappa shape index (κ1) is 11.3. The van der Waals surface area contributed by atoms with Crippen molar-refractivity contribution in [2.24, 2.45) is 0 Å². The number of anilines is 1. The number of carbonyl (C=O) groups is 1. The van der Waals surface area contributed by atoms with Crippen molar-refractivity contribution in [2.45, 2.75) is 6.92 Å². The smallest absolute Gasteiger partial charge is 0.338 e. The van der Waals surface area contributed by atoms with Crippen molar-refractivity contribution in [2.75, 3.05) is 18.5 Å². The molecule has 1 aromatic rings. The number of nitrogens with one attached hydrogen (secondary N) is 1. The largest absolute Gasteiger partial charge is 0.462 e. The summed E-state index contributed by atoms with van der Waals surface area (Å²) in [5, 5.41) is 3.12. The predicted molar refractivity (Wildman–Crippen MR) is 61.1 cm³/mol. The zero-order chi connectivity index (χ0) is 11.1. The lowest BCUT2D eigenvalue weighted by molar-refractivity contribution is 0.0526. The van der Waals surface area contributed by atoms with Gasteiger partial charge in [0.1, 0.15) is 0 Å². The standard InChI is InChI=1S/C12H15NO2/c1-3-9-13-11-7-5-10(6-8-11)12(14)15-4-2/h3,5-8,13H,1,4,9H2,2H3. The molecular weight excluding hydrogens is 190 g/mol. The van der Waals surface area contributed by atoms with E-state index in [1.807, 2.05) is 12.1 Å². The van der Waals surface area contributed by atoms with Crippen LogP contribution in [0.25, 0.3) is 0 Å². The molecule has 0 unspecified atom stereocenters. The molecule has 0 aliphatic rings. The van der Waals surface area contributed by atoms with Gasteiger partial charge in [0.05, 0.1) is 12.2 Å². The number of carbonyl (C=O) groups excluding carboxylic acids is 1. The summed E-state index contributed by atoms with van der Waals surface area (Å²) in [6.07, 6.45) is 1.78. The zero-order valence-corrected chi connectivity index (χ0v) is 8.82. The van der Waals surface area contributed by atoms with Crippen molar-refractivity contribution >= 4 is 11.7 Å². The minimum absolute atomic E-state index is 0.284. The van der Waals surface area contributed by atoms with E-state index >= 15 is 0 Å². The number of hydrogen-bond donors (Lipinski definition) is 1. The van der Waals surface area contributed by atoms with Gasteiger partial charge < -0.3 is 10.1 Å². The molecule has 0 amide bonds. The second-order valence-electron chi connectivity index (χ2n) is 2.97. The van der Waals surface area contributed by atoms with E-state index in [4.69, 9.17) is 4.74 Å². The molecule has 0 aliphatic heterocycles. The van der Waals surface area contributed by atoms with Gasteiger partial charge in [0.25, 0.3) is 0 Å². The Bertz CT molecular complexity index is 330. The summed E-state index contributed by atoms with van der Waals surface area (Å²) in [5.41, 5.74) is 1.53. The van der Waals surface area contributed by atoms with Crippen LogP contribution in [0, 0.1) is 0 Å². The molecule has 1 aromatic carbocycles. The van der Waals surface area contributed by atoms with Gasteiger partial charge in [-0.15, -0.1) is 6.58 Å². The number of rotatable bonds is 5. The molecule has 0 saturated heterocycles. The normalized spacial score (nSPS) is 9.40. The van der Waals surface area contributed by atoms with E-state index in [9.17, 15) is 4.79 Å². The van der Waals surface area contributed by atoms with E-state index in [0.29, 0.717) is 18.7 Å². The maximum absolute atomic E-state index is 11.3. The number of hydrogen-bond acceptors (Lipinski definition) is 3. The highest BCUT2D eigenvalue weighted by molar-refractivity contribution is 5.89. The topological polar surface area (TPSA) is 38.3 Å². The third kappa shape index (κ3) is 3.46. The lowest BCUT2D eigenvalue weighted by Gasteiger charge is -2.04. The summed E-state index contributed by atoms with van der Waals surface area (Å²) in [6.45, 7) is 6.50. The Balaban J connectivity index is 2.63. The molecule has 0 fully saturated rings. The van der Waals surface area contributed by atoms with Crippen molar-refractivity contribution in [3.63, 3.8) is 0 Å². The Morgan fingerprint density at radius 1 is 1.47 bits per heavy atom. The van der Waals surface area contributed by atoms with Gasteiger partial charge >= 0.3 is 5.97 Å². The molecule has 0 aromatic heterocycles. The number of esters is 1. The molecule has 0 spiro atoms. The molecule has 0 radical (unpaired) electrons. The third-order valence-corrected chi connectivity index (χ3v) is 1.85. The first-order chi connectivity index (χ1) is 7.27. The summed E-state index contributed by atoms with van der Waals surface area (Å²) in [5.74, 6) is -0.284. The van der Waals surface area contributed by atoms with Crippen molar-refractivity contribution in [3.05, 3.63) is 42.5 Å². The molecule has 0 heterocycles. The second-order valence-corrected chi connectivity index (χ2v) is 2.97. The van der Waals surface area contributed by atoms with Crippen molar-refractivity contribution in [3.8, 4) is 0 Å². The zero-order valence-electron chi connectivity index (χ0n) is 8.82. The first-order valence-electron chi connectivity index (χ1n) is 4.90. The molecule has 80 valence electrons.